The van der Waals surface area contributed by atoms with Crippen molar-refractivity contribution in [1.29, 1.82) is 0 Å². The molecule has 0 amide bonds. The summed E-state index contributed by atoms with van der Waals surface area (Å²) in [4.78, 5) is 4.27. The Morgan fingerprint density at radius 3 is 3.17 bits per heavy atom. The molecule has 1 saturated heterocycles. The highest BCUT2D eigenvalue weighted by Gasteiger charge is 2.29. The van der Waals surface area contributed by atoms with Crippen LogP contribution in [0.4, 0.5) is 0 Å². The maximum atomic E-state index is 5.90. The molecule has 2 aliphatic heterocycles. The molecule has 18 heavy (non-hydrogen) atoms. The molecule has 3 heteroatoms. The van der Waals surface area contributed by atoms with E-state index in [4.69, 9.17) is 4.74 Å². The third kappa shape index (κ3) is 2.49. The monoisotopic (exact) mass is 265 g/mol. The van der Waals surface area contributed by atoms with Gasteiger partial charge in [-0.25, -0.2) is 0 Å². The van der Waals surface area contributed by atoms with Gasteiger partial charge >= 0.3 is 0 Å². The zero-order valence-corrected chi connectivity index (χ0v) is 12.0. The maximum Gasteiger partial charge on any atom is 0.0702 e. The molecule has 0 spiro atoms. The van der Waals surface area contributed by atoms with Crippen molar-refractivity contribution in [3.63, 3.8) is 0 Å². The van der Waals surface area contributed by atoms with Crippen LogP contribution in [0.2, 0.25) is 0 Å². The van der Waals surface area contributed by atoms with E-state index in [1.54, 1.807) is 10.4 Å². The molecule has 0 radical (unpaired) electrons. The molecule has 1 fully saturated rings. The number of thiophene rings is 1. The Hall–Kier alpha value is -0.380. The van der Waals surface area contributed by atoms with E-state index in [9.17, 15) is 0 Å². The molecule has 3 heterocycles. The topological polar surface area (TPSA) is 12.5 Å². The van der Waals surface area contributed by atoms with Crippen molar-refractivity contribution in [2.75, 3.05) is 19.7 Å². The molecule has 0 aliphatic carbocycles. The highest BCUT2D eigenvalue weighted by molar-refractivity contribution is 7.10. The van der Waals surface area contributed by atoms with Gasteiger partial charge in [-0.2, -0.15) is 0 Å². The minimum absolute atomic E-state index is 0.480. The number of rotatable bonds is 3. The summed E-state index contributed by atoms with van der Waals surface area (Å²) in [5, 5.41) is 2.26. The molecule has 100 valence electrons. The summed E-state index contributed by atoms with van der Waals surface area (Å²) in [6.45, 7) is 5.63. The number of fused-ring (bicyclic) bond motifs is 1. The fourth-order valence-corrected chi connectivity index (χ4v) is 4.29. The summed E-state index contributed by atoms with van der Waals surface area (Å²) < 4.78 is 5.90. The molecule has 1 aromatic rings. The third-order valence-electron chi connectivity index (χ3n) is 4.30. The van der Waals surface area contributed by atoms with Gasteiger partial charge in [-0.3, -0.25) is 4.90 Å². The van der Waals surface area contributed by atoms with Gasteiger partial charge in [-0.15, -0.1) is 11.3 Å². The van der Waals surface area contributed by atoms with Crippen LogP contribution in [0.1, 0.15) is 49.1 Å². The second kappa shape index (κ2) is 5.72. The van der Waals surface area contributed by atoms with Crippen LogP contribution in [-0.2, 0) is 11.2 Å². The first-order valence-corrected chi connectivity index (χ1v) is 8.18. The van der Waals surface area contributed by atoms with Crippen molar-refractivity contribution in [2.24, 2.45) is 0 Å². The summed E-state index contributed by atoms with van der Waals surface area (Å²) in [7, 11) is 0. The van der Waals surface area contributed by atoms with Crippen molar-refractivity contribution in [3.8, 4) is 0 Å². The Bertz CT molecular complexity index is 384. The Kier molecular flexibility index (Phi) is 4.02. The van der Waals surface area contributed by atoms with Crippen molar-refractivity contribution < 1.29 is 4.74 Å². The summed E-state index contributed by atoms with van der Waals surface area (Å²) in [6.07, 6.45) is 6.78. The average Bonchev–Trinajstić information content (AvgIpc) is 2.88. The van der Waals surface area contributed by atoms with Crippen LogP contribution in [-0.4, -0.2) is 30.7 Å². The predicted octanol–water partition coefficient (Wildman–Crippen LogP) is 3.63. The second-order valence-electron chi connectivity index (χ2n) is 5.46. The van der Waals surface area contributed by atoms with Crippen LogP contribution in [0.3, 0.4) is 0 Å². The van der Waals surface area contributed by atoms with Gasteiger partial charge in [0, 0.05) is 30.6 Å². The van der Waals surface area contributed by atoms with Crippen molar-refractivity contribution in [3.05, 3.63) is 21.9 Å². The number of nitrogens with zero attached hydrogens (tertiary/aromatic N) is 1. The first-order valence-electron chi connectivity index (χ1n) is 7.30. The van der Waals surface area contributed by atoms with Gasteiger partial charge in [0.1, 0.15) is 0 Å². The summed E-state index contributed by atoms with van der Waals surface area (Å²) in [5.74, 6) is 0. The Balaban J connectivity index is 1.69. The lowest BCUT2D eigenvalue weighted by molar-refractivity contribution is -0.0158. The Morgan fingerprint density at radius 1 is 1.44 bits per heavy atom. The van der Waals surface area contributed by atoms with Crippen molar-refractivity contribution >= 4 is 11.3 Å². The van der Waals surface area contributed by atoms with E-state index < -0.39 is 0 Å². The molecule has 2 atom stereocenters. The zero-order chi connectivity index (χ0) is 12.4. The van der Waals surface area contributed by atoms with Gasteiger partial charge < -0.3 is 4.74 Å². The van der Waals surface area contributed by atoms with Crippen molar-refractivity contribution in [1.82, 2.24) is 4.90 Å². The van der Waals surface area contributed by atoms with Crippen LogP contribution < -0.4 is 0 Å². The standard InChI is InChI=1S/C15H23NOS/c1-2-14-13-7-10-18-15(13)6-8-16(14)11-12-5-3-4-9-17-12/h7,10,12,14H,2-6,8-9,11H2,1H3. The molecular formula is C15H23NOS. The molecule has 2 aliphatic rings. The van der Waals surface area contributed by atoms with E-state index in [0.717, 1.165) is 13.2 Å². The lowest BCUT2D eigenvalue weighted by Crippen LogP contribution is -2.41. The lowest BCUT2D eigenvalue weighted by atomic mass is 9.96. The molecule has 0 aromatic carbocycles. The molecular weight excluding hydrogens is 242 g/mol. The number of hydrogen-bond donors (Lipinski definition) is 0. The van der Waals surface area contributed by atoms with Gasteiger partial charge in [-0.1, -0.05) is 6.92 Å². The van der Waals surface area contributed by atoms with Gasteiger partial charge in [0.15, 0.2) is 0 Å². The van der Waals surface area contributed by atoms with E-state index in [1.807, 2.05) is 11.3 Å². The van der Waals surface area contributed by atoms with E-state index in [2.05, 4.69) is 23.3 Å². The molecule has 1 aromatic heterocycles. The molecule has 0 N–H and O–H groups in total. The molecule has 2 nitrogen and oxygen atoms in total. The van der Waals surface area contributed by atoms with Crippen LogP contribution in [0, 0.1) is 0 Å². The van der Waals surface area contributed by atoms with Crippen LogP contribution >= 0.6 is 11.3 Å². The highest BCUT2D eigenvalue weighted by Crippen LogP contribution is 2.35. The van der Waals surface area contributed by atoms with Gasteiger partial charge in [0.05, 0.1) is 6.10 Å². The maximum absolute atomic E-state index is 5.90. The SMILES string of the molecule is CCC1c2ccsc2CCN1CC1CCCCO1. The summed E-state index contributed by atoms with van der Waals surface area (Å²) >= 11 is 1.93. The van der Waals surface area contributed by atoms with E-state index in [1.165, 1.54) is 38.6 Å². The minimum Gasteiger partial charge on any atom is -0.377 e. The summed E-state index contributed by atoms with van der Waals surface area (Å²) in [6, 6.07) is 2.97. The fraction of sp³-hybridized carbons (Fsp3) is 0.733. The first-order chi connectivity index (χ1) is 8.88. The third-order valence-corrected chi connectivity index (χ3v) is 5.30. The highest BCUT2D eigenvalue weighted by atomic mass is 32.1. The van der Waals surface area contributed by atoms with E-state index >= 15 is 0 Å². The number of hydrogen-bond acceptors (Lipinski definition) is 3. The minimum atomic E-state index is 0.480. The fourth-order valence-electron chi connectivity index (χ4n) is 3.36. The average molecular weight is 265 g/mol. The second-order valence-corrected chi connectivity index (χ2v) is 6.46. The molecule has 0 bridgehead atoms. The largest absolute Gasteiger partial charge is 0.377 e. The van der Waals surface area contributed by atoms with Crippen LogP contribution in [0.15, 0.2) is 11.4 Å². The molecule has 2 unspecified atom stereocenters. The van der Waals surface area contributed by atoms with Crippen LogP contribution in [0.25, 0.3) is 0 Å². The molecule has 3 rings (SSSR count). The molecule has 0 saturated carbocycles. The quantitative estimate of drug-likeness (QED) is 0.827. The van der Waals surface area contributed by atoms with Crippen LogP contribution in [0.5, 0.6) is 0 Å². The Morgan fingerprint density at radius 2 is 2.39 bits per heavy atom. The lowest BCUT2D eigenvalue weighted by Gasteiger charge is -2.38. The van der Waals surface area contributed by atoms with Gasteiger partial charge in [0.2, 0.25) is 0 Å². The van der Waals surface area contributed by atoms with Crippen molar-refractivity contribution in [2.45, 2.75) is 51.2 Å². The normalized spacial score (nSPS) is 29.2. The summed E-state index contributed by atoms with van der Waals surface area (Å²) in [5.41, 5.74) is 1.59. The smallest absolute Gasteiger partial charge is 0.0702 e. The van der Waals surface area contributed by atoms with E-state index in [0.29, 0.717) is 12.1 Å². The first kappa shape index (κ1) is 12.6. The Labute approximate surface area is 114 Å². The van der Waals surface area contributed by atoms with Gasteiger partial charge in [-0.05, 0) is 49.1 Å². The van der Waals surface area contributed by atoms with E-state index in [-0.39, 0.29) is 0 Å². The predicted molar refractivity (Wildman–Crippen MR) is 76.2 cm³/mol. The zero-order valence-electron chi connectivity index (χ0n) is 11.2. The number of ether oxygens (including phenoxy) is 1. The van der Waals surface area contributed by atoms with Gasteiger partial charge in [0.25, 0.3) is 0 Å².